The molecule has 23 heavy (non-hydrogen) atoms. The fraction of sp³-hybridized carbons (Fsp3) is 0.200. The molecule has 1 saturated carbocycles. The summed E-state index contributed by atoms with van der Waals surface area (Å²) in [5.74, 6) is 1.15. The van der Waals surface area contributed by atoms with Crippen molar-refractivity contribution in [3.05, 3.63) is 45.1 Å². The highest BCUT2D eigenvalue weighted by molar-refractivity contribution is 14.1. The normalized spacial score (nSPS) is 14.0. The van der Waals surface area contributed by atoms with Crippen molar-refractivity contribution in [3.8, 4) is 10.8 Å². The van der Waals surface area contributed by atoms with Crippen LogP contribution in [0.2, 0.25) is 0 Å². The molecule has 0 unspecified atom stereocenters. The minimum absolute atomic E-state index is 0.163. The van der Waals surface area contributed by atoms with Crippen LogP contribution < -0.4 is 5.32 Å². The number of hydrogen-bond donors (Lipinski definition) is 1. The van der Waals surface area contributed by atoms with E-state index in [2.05, 4.69) is 47.7 Å². The van der Waals surface area contributed by atoms with Gasteiger partial charge >= 0.3 is 0 Å². The number of aromatic nitrogens is 4. The van der Waals surface area contributed by atoms with Gasteiger partial charge in [-0.2, -0.15) is 0 Å². The van der Waals surface area contributed by atoms with E-state index in [0.29, 0.717) is 17.4 Å². The third-order valence-electron chi connectivity index (χ3n) is 3.54. The number of nitrogens with one attached hydrogen (secondary N) is 1. The van der Waals surface area contributed by atoms with Crippen molar-refractivity contribution in [1.82, 2.24) is 19.7 Å². The number of rotatable bonds is 4. The van der Waals surface area contributed by atoms with Crippen molar-refractivity contribution in [1.29, 1.82) is 0 Å². The summed E-state index contributed by atoms with van der Waals surface area (Å²) in [6.07, 6.45) is 4.07. The topological polar surface area (TPSA) is 72.7 Å². The maximum Gasteiger partial charge on any atom is 0.256 e. The third kappa shape index (κ3) is 3.13. The molecule has 6 nitrogen and oxygen atoms in total. The van der Waals surface area contributed by atoms with Crippen LogP contribution in [0, 0.1) is 3.57 Å². The van der Waals surface area contributed by atoms with E-state index in [1.165, 1.54) is 11.3 Å². The van der Waals surface area contributed by atoms with Crippen LogP contribution in [0.1, 0.15) is 29.2 Å². The highest BCUT2D eigenvalue weighted by atomic mass is 127. The van der Waals surface area contributed by atoms with Crippen molar-refractivity contribution in [2.45, 2.75) is 18.9 Å². The molecule has 1 N–H and O–H groups in total. The summed E-state index contributed by atoms with van der Waals surface area (Å²) in [6, 6.07) is 7.93. The fourth-order valence-corrected chi connectivity index (χ4v) is 3.55. The first-order valence-electron chi connectivity index (χ1n) is 7.13. The highest BCUT2D eigenvalue weighted by Crippen LogP contribution is 2.38. The maximum atomic E-state index is 12.3. The van der Waals surface area contributed by atoms with Gasteiger partial charge in [0, 0.05) is 20.6 Å². The van der Waals surface area contributed by atoms with E-state index in [0.717, 1.165) is 27.2 Å². The fourth-order valence-electron chi connectivity index (χ4n) is 2.27. The molecule has 2 aromatic heterocycles. The standard InChI is InChI=1S/C15H12IN5OS/c16-10-3-1-2-9(6-10)14(22)18-12-7-23-15(19-12)13-20-17-8-21(13)11-4-5-11/h1-3,6-8,11H,4-5H2,(H,18,22). The van der Waals surface area contributed by atoms with Crippen LogP contribution in [0.3, 0.4) is 0 Å². The molecule has 0 spiro atoms. The molecule has 0 radical (unpaired) electrons. The molecule has 2 heterocycles. The minimum Gasteiger partial charge on any atom is -0.308 e. The van der Waals surface area contributed by atoms with Crippen LogP contribution in [0.15, 0.2) is 36.0 Å². The Kier molecular flexibility index (Phi) is 3.85. The minimum atomic E-state index is -0.163. The van der Waals surface area contributed by atoms with Crippen molar-refractivity contribution < 1.29 is 4.79 Å². The van der Waals surface area contributed by atoms with Crippen molar-refractivity contribution in [2.24, 2.45) is 0 Å². The molecule has 1 aliphatic rings. The van der Waals surface area contributed by atoms with Gasteiger partial charge < -0.3 is 9.88 Å². The highest BCUT2D eigenvalue weighted by Gasteiger charge is 2.27. The molecule has 3 aromatic rings. The van der Waals surface area contributed by atoms with Gasteiger partial charge in [-0.25, -0.2) is 4.98 Å². The second-order valence-electron chi connectivity index (χ2n) is 5.30. The van der Waals surface area contributed by atoms with Crippen LogP contribution in [0.25, 0.3) is 10.8 Å². The Morgan fingerprint density at radius 2 is 2.26 bits per heavy atom. The molecule has 1 fully saturated rings. The van der Waals surface area contributed by atoms with E-state index in [4.69, 9.17) is 0 Å². The van der Waals surface area contributed by atoms with Crippen molar-refractivity contribution >= 4 is 45.7 Å². The molecule has 8 heteroatoms. The third-order valence-corrected chi connectivity index (χ3v) is 5.05. The van der Waals surface area contributed by atoms with Gasteiger partial charge in [-0.1, -0.05) is 6.07 Å². The number of carbonyl (C=O) groups excluding carboxylic acids is 1. The van der Waals surface area contributed by atoms with Gasteiger partial charge in [0.2, 0.25) is 0 Å². The van der Waals surface area contributed by atoms with Gasteiger partial charge in [0.1, 0.15) is 12.1 Å². The molecule has 4 rings (SSSR count). The second kappa shape index (κ2) is 6.00. The first-order valence-corrected chi connectivity index (χ1v) is 9.09. The number of halogens is 1. The largest absolute Gasteiger partial charge is 0.308 e. The van der Waals surface area contributed by atoms with E-state index in [-0.39, 0.29) is 5.91 Å². The first-order chi connectivity index (χ1) is 11.2. The summed E-state index contributed by atoms with van der Waals surface area (Å²) in [5, 5.41) is 13.6. The lowest BCUT2D eigenvalue weighted by atomic mass is 10.2. The predicted molar refractivity (Wildman–Crippen MR) is 96.5 cm³/mol. The number of nitrogens with zero attached hydrogens (tertiary/aromatic N) is 4. The lowest BCUT2D eigenvalue weighted by Crippen LogP contribution is -2.12. The van der Waals surface area contributed by atoms with Gasteiger partial charge in [0.15, 0.2) is 10.8 Å². The van der Waals surface area contributed by atoms with E-state index in [1.54, 1.807) is 12.4 Å². The smallest absolute Gasteiger partial charge is 0.256 e. The molecule has 0 saturated heterocycles. The number of hydrogen-bond acceptors (Lipinski definition) is 5. The Morgan fingerprint density at radius 3 is 3.04 bits per heavy atom. The molecule has 116 valence electrons. The molecule has 0 bridgehead atoms. The van der Waals surface area contributed by atoms with Crippen LogP contribution >= 0.6 is 33.9 Å². The summed E-state index contributed by atoms with van der Waals surface area (Å²) in [6.45, 7) is 0. The number of benzene rings is 1. The zero-order valence-electron chi connectivity index (χ0n) is 11.9. The molecule has 1 aromatic carbocycles. The van der Waals surface area contributed by atoms with Crippen molar-refractivity contribution in [3.63, 3.8) is 0 Å². The van der Waals surface area contributed by atoms with Gasteiger partial charge in [0.25, 0.3) is 5.91 Å². The number of carbonyl (C=O) groups is 1. The SMILES string of the molecule is O=C(Nc1csc(-c2nncn2C2CC2)n1)c1cccc(I)c1. The average molecular weight is 437 g/mol. The van der Waals surface area contributed by atoms with E-state index in [9.17, 15) is 4.79 Å². The molecule has 0 aliphatic heterocycles. The van der Waals surface area contributed by atoms with Gasteiger partial charge in [-0.05, 0) is 53.6 Å². The molecule has 1 aliphatic carbocycles. The quantitative estimate of drug-likeness (QED) is 0.634. The average Bonchev–Trinajstić information content (AvgIpc) is 3.09. The molecule has 0 atom stereocenters. The number of anilines is 1. The lowest BCUT2D eigenvalue weighted by Gasteiger charge is -2.03. The summed E-state index contributed by atoms with van der Waals surface area (Å²) < 4.78 is 3.08. The molecular formula is C15H12IN5OS. The summed E-state index contributed by atoms with van der Waals surface area (Å²) in [7, 11) is 0. The van der Waals surface area contributed by atoms with E-state index >= 15 is 0 Å². The van der Waals surface area contributed by atoms with Crippen LogP contribution in [0.4, 0.5) is 5.82 Å². The Balaban J connectivity index is 1.54. The Hall–Kier alpha value is -1.81. The van der Waals surface area contributed by atoms with Crippen LogP contribution in [-0.4, -0.2) is 25.7 Å². The Bertz CT molecular complexity index is 870. The summed E-state index contributed by atoms with van der Waals surface area (Å²) >= 11 is 3.64. The van der Waals surface area contributed by atoms with Crippen molar-refractivity contribution in [2.75, 3.05) is 5.32 Å². The molecule has 1 amide bonds. The van der Waals surface area contributed by atoms with E-state index in [1.807, 2.05) is 23.6 Å². The number of amides is 1. The van der Waals surface area contributed by atoms with Gasteiger partial charge in [-0.15, -0.1) is 21.5 Å². The van der Waals surface area contributed by atoms with E-state index < -0.39 is 0 Å². The number of thiazole rings is 1. The maximum absolute atomic E-state index is 12.3. The Labute approximate surface area is 150 Å². The second-order valence-corrected chi connectivity index (χ2v) is 7.40. The van der Waals surface area contributed by atoms with Gasteiger partial charge in [-0.3, -0.25) is 4.79 Å². The zero-order valence-corrected chi connectivity index (χ0v) is 14.9. The van der Waals surface area contributed by atoms with Gasteiger partial charge in [0.05, 0.1) is 0 Å². The van der Waals surface area contributed by atoms with Crippen LogP contribution in [0.5, 0.6) is 0 Å². The first kappa shape index (κ1) is 14.8. The van der Waals surface area contributed by atoms with Crippen LogP contribution in [-0.2, 0) is 0 Å². The summed E-state index contributed by atoms with van der Waals surface area (Å²) in [4.78, 5) is 16.7. The summed E-state index contributed by atoms with van der Waals surface area (Å²) in [5.41, 5.74) is 0.618. The zero-order chi connectivity index (χ0) is 15.8. The monoisotopic (exact) mass is 437 g/mol. The predicted octanol–water partition coefficient (Wildman–Crippen LogP) is 3.59. The molecular weight excluding hydrogens is 425 g/mol. The lowest BCUT2D eigenvalue weighted by molar-refractivity contribution is 0.102. The Morgan fingerprint density at radius 1 is 1.39 bits per heavy atom.